The molecule has 21 heavy (non-hydrogen) atoms. The standard InChI is InChI=1S/C18H15NO2/c20-14-17-11-12-18(21-17)19(16-9-5-2-6-10-16)13-15-7-3-1-4-8-15/h1-12,14H,13H2. The minimum Gasteiger partial charge on any atom is -0.437 e. The maximum Gasteiger partial charge on any atom is 0.201 e. The molecule has 0 unspecified atom stereocenters. The van der Waals surface area contributed by atoms with Crippen LogP contribution >= 0.6 is 0 Å². The summed E-state index contributed by atoms with van der Waals surface area (Å²) >= 11 is 0. The van der Waals surface area contributed by atoms with Crippen molar-refractivity contribution < 1.29 is 9.21 Å². The summed E-state index contributed by atoms with van der Waals surface area (Å²) in [6.45, 7) is 0.677. The molecule has 0 bridgehead atoms. The number of nitrogens with zero attached hydrogens (tertiary/aromatic N) is 1. The number of carbonyl (C=O) groups is 1. The number of hydrogen-bond donors (Lipinski definition) is 0. The van der Waals surface area contributed by atoms with E-state index in [1.165, 1.54) is 5.56 Å². The molecule has 3 nitrogen and oxygen atoms in total. The summed E-state index contributed by atoms with van der Waals surface area (Å²) in [5.74, 6) is 0.992. The van der Waals surface area contributed by atoms with Crippen LogP contribution in [0.25, 0.3) is 0 Å². The number of hydrogen-bond acceptors (Lipinski definition) is 3. The van der Waals surface area contributed by atoms with Crippen LogP contribution in [0.1, 0.15) is 16.1 Å². The molecule has 3 aromatic rings. The molecule has 0 amide bonds. The van der Waals surface area contributed by atoms with Gasteiger partial charge in [0.25, 0.3) is 0 Å². The van der Waals surface area contributed by atoms with Crippen molar-refractivity contribution in [1.82, 2.24) is 0 Å². The van der Waals surface area contributed by atoms with Crippen LogP contribution in [0.3, 0.4) is 0 Å². The maximum absolute atomic E-state index is 10.8. The quantitative estimate of drug-likeness (QED) is 0.647. The van der Waals surface area contributed by atoms with E-state index in [9.17, 15) is 4.79 Å². The van der Waals surface area contributed by atoms with Gasteiger partial charge in [-0.15, -0.1) is 0 Å². The maximum atomic E-state index is 10.8. The first-order valence-electron chi connectivity index (χ1n) is 6.78. The van der Waals surface area contributed by atoms with Gasteiger partial charge in [-0.1, -0.05) is 48.5 Å². The lowest BCUT2D eigenvalue weighted by atomic mass is 10.2. The average molecular weight is 277 g/mol. The Morgan fingerprint density at radius 3 is 2.14 bits per heavy atom. The number of furan rings is 1. The Morgan fingerprint density at radius 1 is 0.857 bits per heavy atom. The zero-order valence-electron chi connectivity index (χ0n) is 11.5. The molecule has 0 atom stereocenters. The molecule has 0 aliphatic carbocycles. The highest BCUT2D eigenvalue weighted by molar-refractivity contribution is 5.72. The van der Waals surface area contributed by atoms with E-state index in [-0.39, 0.29) is 0 Å². The van der Waals surface area contributed by atoms with E-state index in [1.807, 2.05) is 59.5 Å². The van der Waals surface area contributed by atoms with Gasteiger partial charge in [0.1, 0.15) is 0 Å². The Labute approximate surface area is 123 Å². The third-order valence-electron chi connectivity index (χ3n) is 3.25. The first kappa shape index (κ1) is 13.2. The van der Waals surface area contributed by atoms with Gasteiger partial charge in [0.2, 0.25) is 5.88 Å². The molecule has 0 aliphatic heterocycles. The summed E-state index contributed by atoms with van der Waals surface area (Å²) in [4.78, 5) is 12.9. The monoisotopic (exact) mass is 277 g/mol. The van der Waals surface area contributed by atoms with Crippen molar-refractivity contribution in [1.29, 1.82) is 0 Å². The second-order valence-electron chi connectivity index (χ2n) is 4.70. The molecule has 0 aliphatic rings. The summed E-state index contributed by atoms with van der Waals surface area (Å²) in [6, 6.07) is 23.6. The molecular weight excluding hydrogens is 262 g/mol. The highest BCUT2D eigenvalue weighted by Crippen LogP contribution is 2.28. The lowest BCUT2D eigenvalue weighted by Gasteiger charge is -2.22. The topological polar surface area (TPSA) is 33.5 Å². The van der Waals surface area contributed by atoms with E-state index >= 15 is 0 Å². The fraction of sp³-hybridized carbons (Fsp3) is 0.0556. The second-order valence-corrected chi connectivity index (χ2v) is 4.70. The van der Waals surface area contributed by atoms with Gasteiger partial charge in [-0.25, -0.2) is 0 Å². The minimum atomic E-state index is 0.332. The molecule has 2 aromatic carbocycles. The Kier molecular flexibility index (Phi) is 3.83. The van der Waals surface area contributed by atoms with Crippen LogP contribution in [0.2, 0.25) is 0 Å². The third kappa shape index (κ3) is 3.03. The van der Waals surface area contributed by atoms with Crippen LogP contribution in [0.4, 0.5) is 11.6 Å². The molecular formula is C18H15NO2. The molecule has 104 valence electrons. The lowest BCUT2D eigenvalue weighted by molar-refractivity contribution is 0.110. The van der Waals surface area contributed by atoms with Crippen molar-refractivity contribution in [3.05, 3.63) is 84.1 Å². The summed E-state index contributed by atoms with van der Waals surface area (Å²) in [6.07, 6.45) is 0.717. The molecule has 3 heteroatoms. The van der Waals surface area contributed by atoms with Crippen LogP contribution in [0, 0.1) is 0 Å². The average Bonchev–Trinajstić information content (AvgIpc) is 3.03. The van der Waals surface area contributed by atoms with Crippen LogP contribution in [-0.4, -0.2) is 6.29 Å². The van der Waals surface area contributed by atoms with Crippen LogP contribution in [-0.2, 0) is 6.54 Å². The molecule has 0 radical (unpaired) electrons. The number of para-hydroxylation sites is 1. The van der Waals surface area contributed by atoms with E-state index in [0.717, 1.165) is 12.0 Å². The van der Waals surface area contributed by atoms with E-state index in [0.29, 0.717) is 18.2 Å². The van der Waals surface area contributed by atoms with Crippen molar-refractivity contribution in [2.24, 2.45) is 0 Å². The van der Waals surface area contributed by atoms with E-state index < -0.39 is 0 Å². The van der Waals surface area contributed by atoms with Crippen molar-refractivity contribution in [2.45, 2.75) is 6.54 Å². The molecule has 0 saturated carbocycles. The van der Waals surface area contributed by atoms with Crippen molar-refractivity contribution >= 4 is 17.9 Å². The number of anilines is 2. The predicted molar refractivity (Wildman–Crippen MR) is 82.8 cm³/mol. The van der Waals surface area contributed by atoms with Crippen molar-refractivity contribution in [3.8, 4) is 0 Å². The van der Waals surface area contributed by atoms with Gasteiger partial charge in [-0.05, 0) is 23.8 Å². The lowest BCUT2D eigenvalue weighted by Crippen LogP contribution is -2.15. The van der Waals surface area contributed by atoms with Gasteiger partial charge in [-0.2, -0.15) is 0 Å². The number of carbonyl (C=O) groups excluding carboxylic acids is 1. The molecule has 0 fully saturated rings. The van der Waals surface area contributed by atoms with E-state index in [4.69, 9.17) is 4.42 Å². The number of aldehydes is 1. The Hall–Kier alpha value is -2.81. The second kappa shape index (κ2) is 6.09. The molecule has 0 spiro atoms. The first-order chi connectivity index (χ1) is 10.4. The Morgan fingerprint density at radius 2 is 1.52 bits per heavy atom. The van der Waals surface area contributed by atoms with Gasteiger partial charge in [-0.3, -0.25) is 4.79 Å². The summed E-state index contributed by atoms with van der Waals surface area (Å²) in [7, 11) is 0. The normalized spacial score (nSPS) is 10.3. The minimum absolute atomic E-state index is 0.332. The van der Waals surface area contributed by atoms with Crippen molar-refractivity contribution in [3.63, 3.8) is 0 Å². The molecule has 3 rings (SSSR count). The fourth-order valence-corrected chi connectivity index (χ4v) is 2.22. The molecule has 1 heterocycles. The zero-order valence-corrected chi connectivity index (χ0v) is 11.5. The fourth-order valence-electron chi connectivity index (χ4n) is 2.22. The summed E-state index contributed by atoms with van der Waals surface area (Å²) in [5, 5.41) is 0. The number of rotatable bonds is 5. The molecule has 1 aromatic heterocycles. The summed E-state index contributed by atoms with van der Waals surface area (Å²) < 4.78 is 5.58. The van der Waals surface area contributed by atoms with Gasteiger partial charge >= 0.3 is 0 Å². The van der Waals surface area contributed by atoms with Gasteiger partial charge < -0.3 is 9.32 Å². The summed E-state index contributed by atoms with van der Waals surface area (Å²) in [5.41, 5.74) is 2.19. The van der Waals surface area contributed by atoms with Gasteiger partial charge in [0, 0.05) is 11.8 Å². The number of benzene rings is 2. The zero-order chi connectivity index (χ0) is 14.5. The smallest absolute Gasteiger partial charge is 0.201 e. The van der Waals surface area contributed by atoms with Crippen LogP contribution < -0.4 is 4.90 Å². The first-order valence-corrected chi connectivity index (χ1v) is 6.78. The predicted octanol–water partition coefficient (Wildman–Crippen LogP) is 4.43. The van der Waals surface area contributed by atoms with E-state index in [2.05, 4.69) is 12.1 Å². The Bertz CT molecular complexity index is 704. The van der Waals surface area contributed by atoms with E-state index in [1.54, 1.807) is 6.07 Å². The molecule has 0 saturated heterocycles. The Balaban J connectivity index is 1.96. The highest BCUT2D eigenvalue weighted by Gasteiger charge is 2.13. The van der Waals surface area contributed by atoms with Crippen molar-refractivity contribution in [2.75, 3.05) is 4.90 Å². The largest absolute Gasteiger partial charge is 0.437 e. The SMILES string of the molecule is O=Cc1ccc(N(Cc2ccccc2)c2ccccc2)o1. The van der Waals surface area contributed by atoms with Crippen LogP contribution in [0.5, 0.6) is 0 Å². The van der Waals surface area contributed by atoms with Crippen LogP contribution in [0.15, 0.2) is 77.2 Å². The van der Waals surface area contributed by atoms with Gasteiger partial charge in [0.05, 0.1) is 6.54 Å². The highest BCUT2D eigenvalue weighted by atomic mass is 16.4. The molecule has 0 N–H and O–H groups in total. The third-order valence-corrected chi connectivity index (χ3v) is 3.25. The van der Waals surface area contributed by atoms with Gasteiger partial charge in [0.15, 0.2) is 12.0 Å².